The first-order chi connectivity index (χ1) is 9.83. The molecule has 2 aliphatic rings. The number of rotatable bonds is 5. The number of hydrogen-bond acceptors (Lipinski definition) is 1. The average Bonchev–Trinajstić information content (AvgIpc) is 2.68. The smallest absolute Gasteiger partial charge is 0.258 e. The molecule has 0 N–H and O–H groups in total. The summed E-state index contributed by atoms with van der Waals surface area (Å²) in [7, 11) is 0. The first-order valence-corrected chi connectivity index (χ1v) is 8.64. The average molecular weight is 334 g/mol. The number of carbonyl (C=O) groups is 1. The van der Waals surface area contributed by atoms with Crippen LogP contribution in [0.2, 0.25) is 0 Å². The van der Waals surface area contributed by atoms with Gasteiger partial charge in [-0.05, 0) is 43.7 Å². The highest BCUT2D eigenvalue weighted by Crippen LogP contribution is 2.41. The summed E-state index contributed by atoms with van der Waals surface area (Å²) < 4.78 is 0. The van der Waals surface area contributed by atoms with Crippen LogP contribution in [0.5, 0.6) is 0 Å². The molecular weight excluding hydrogens is 314 g/mol. The SMILES string of the molecule is O=C1c2ccccc2C(=C2CCC2)N1CCCCCBr. The van der Waals surface area contributed by atoms with Crippen LogP contribution in [0.4, 0.5) is 0 Å². The lowest BCUT2D eigenvalue weighted by molar-refractivity contribution is 0.0847. The molecule has 1 aromatic carbocycles. The number of alkyl halides is 1. The van der Waals surface area contributed by atoms with Crippen molar-refractivity contribution in [3.8, 4) is 0 Å². The van der Waals surface area contributed by atoms with Crippen LogP contribution in [0.15, 0.2) is 29.8 Å². The quantitative estimate of drug-likeness (QED) is 0.569. The molecule has 0 unspecified atom stereocenters. The van der Waals surface area contributed by atoms with Crippen LogP contribution < -0.4 is 0 Å². The van der Waals surface area contributed by atoms with E-state index in [9.17, 15) is 4.79 Å². The molecule has 1 aliphatic heterocycles. The maximum Gasteiger partial charge on any atom is 0.258 e. The maximum absolute atomic E-state index is 12.6. The summed E-state index contributed by atoms with van der Waals surface area (Å²) in [4.78, 5) is 14.6. The first kappa shape index (κ1) is 13.9. The van der Waals surface area contributed by atoms with Gasteiger partial charge in [0.05, 0.1) is 5.70 Å². The van der Waals surface area contributed by atoms with E-state index in [-0.39, 0.29) is 5.91 Å². The molecule has 1 saturated carbocycles. The summed E-state index contributed by atoms with van der Waals surface area (Å²) >= 11 is 3.46. The Morgan fingerprint density at radius 2 is 1.80 bits per heavy atom. The van der Waals surface area contributed by atoms with Crippen molar-refractivity contribution >= 4 is 27.5 Å². The van der Waals surface area contributed by atoms with Gasteiger partial charge in [0, 0.05) is 23.0 Å². The third-order valence-electron chi connectivity index (χ3n) is 4.24. The first-order valence-electron chi connectivity index (χ1n) is 7.52. The molecule has 0 saturated heterocycles. The van der Waals surface area contributed by atoms with E-state index in [2.05, 4.69) is 22.0 Å². The second-order valence-electron chi connectivity index (χ2n) is 5.56. The molecule has 20 heavy (non-hydrogen) atoms. The largest absolute Gasteiger partial charge is 0.308 e. The van der Waals surface area contributed by atoms with Gasteiger partial charge in [0.1, 0.15) is 0 Å². The third-order valence-corrected chi connectivity index (χ3v) is 4.80. The molecule has 1 aliphatic carbocycles. The van der Waals surface area contributed by atoms with Crippen molar-refractivity contribution in [3.63, 3.8) is 0 Å². The minimum atomic E-state index is 0.203. The molecule has 1 fully saturated rings. The lowest BCUT2D eigenvalue weighted by atomic mass is 9.88. The van der Waals surface area contributed by atoms with E-state index >= 15 is 0 Å². The highest BCUT2D eigenvalue weighted by atomic mass is 79.9. The minimum Gasteiger partial charge on any atom is -0.308 e. The van der Waals surface area contributed by atoms with Gasteiger partial charge in [0.25, 0.3) is 5.91 Å². The van der Waals surface area contributed by atoms with Crippen molar-refractivity contribution in [2.24, 2.45) is 0 Å². The van der Waals surface area contributed by atoms with Gasteiger partial charge in [0.15, 0.2) is 0 Å². The Balaban J connectivity index is 1.84. The molecule has 0 aromatic heterocycles. The summed E-state index contributed by atoms with van der Waals surface area (Å²) in [6, 6.07) is 8.08. The van der Waals surface area contributed by atoms with Crippen LogP contribution in [0.25, 0.3) is 5.70 Å². The van der Waals surface area contributed by atoms with Crippen molar-refractivity contribution in [1.29, 1.82) is 0 Å². The Morgan fingerprint density at radius 1 is 1.05 bits per heavy atom. The van der Waals surface area contributed by atoms with Crippen LogP contribution in [0.3, 0.4) is 0 Å². The molecule has 1 amide bonds. The van der Waals surface area contributed by atoms with Gasteiger partial charge in [-0.3, -0.25) is 4.79 Å². The lowest BCUT2D eigenvalue weighted by Crippen LogP contribution is -2.26. The van der Waals surface area contributed by atoms with E-state index in [0.717, 1.165) is 42.3 Å². The summed E-state index contributed by atoms with van der Waals surface area (Å²) in [6.07, 6.45) is 7.04. The third kappa shape index (κ3) is 2.44. The molecule has 3 rings (SSSR count). The van der Waals surface area contributed by atoms with Crippen molar-refractivity contribution in [1.82, 2.24) is 4.90 Å². The predicted molar refractivity (Wildman–Crippen MR) is 85.9 cm³/mol. The van der Waals surface area contributed by atoms with Crippen LogP contribution >= 0.6 is 15.9 Å². The highest BCUT2D eigenvalue weighted by Gasteiger charge is 2.34. The van der Waals surface area contributed by atoms with Gasteiger partial charge in [-0.1, -0.05) is 40.5 Å². The van der Waals surface area contributed by atoms with E-state index in [1.807, 2.05) is 23.1 Å². The maximum atomic E-state index is 12.6. The van der Waals surface area contributed by atoms with Gasteiger partial charge in [0.2, 0.25) is 0 Å². The summed E-state index contributed by atoms with van der Waals surface area (Å²) in [6.45, 7) is 0.860. The Hall–Kier alpha value is -1.09. The topological polar surface area (TPSA) is 20.3 Å². The molecular formula is C17H20BrNO. The number of nitrogens with zero attached hydrogens (tertiary/aromatic N) is 1. The number of benzene rings is 1. The molecule has 1 aromatic rings. The van der Waals surface area contributed by atoms with Crippen molar-refractivity contribution in [2.75, 3.05) is 11.9 Å². The molecule has 0 spiro atoms. The molecule has 0 radical (unpaired) electrons. The van der Waals surface area contributed by atoms with Crippen LogP contribution in [-0.2, 0) is 0 Å². The zero-order chi connectivity index (χ0) is 13.9. The zero-order valence-electron chi connectivity index (χ0n) is 11.7. The Kier molecular flexibility index (Phi) is 4.25. The summed E-state index contributed by atoms with van der Waals surface area (Å²) in [5.74, 6) is 0.203. The molecule has 0 bridgehead atoms. The Labute approximate surface area is 129 Å². The van der Waals surface area contributed by atoms with E-state index in [1.165, 1.54) is 30.5 Å². The van der Waals surface area contributed by atoms with Crippen LogP contribution in [-0.4, -0.2) is 22.7 Å². The van der Waals surface area contributed by atoms with Gasteiger partial charge in [-0.25, -0.2) is 0 Å². The lowest BCUT2D eigenvalue weighted by Gasteiger charge is -2.26. The van der Waals surface area contributed by atoms with Crippen LogP contribution in [0, 0.1) is 0 Å². The molecule has 0 atom stereocenters. The second-order valence-corrected chi connectivity index (χ2v) is 6.35. The molecule has 106 valence electrons. The van der Waals surface area contributed by atoms with Crippen molar-refractivity contribution in [3.05, 3.63) is 41.0 Å². The number of allylic oxidation sites excluding steroid dienone is 1. The number of unbranched alkanes of at least 4 members (excludes halogenated alkanes) is 2. The Morgan fingerprint density at radius 3 is 2.45 bits per heavy atom. The number of hydrogen-bond donors (Lipinski definition) is 0. The summed E-state index contributed by atoms with van der Waals surface area (Å²) in [5, 5.41) is 1.05. The van der Waals surface area contributed by atoms with Gasteiger partial charge in [-0.15, -0.1) is 0 Å². The predicted octanol–water partition coefficient (Wildman–Crippen LogP) is 4.60. The van der Waals surface area contributed by atoms with E-state index in [0.29, 0.717) is 0 Å². The van der Waals surface area contributed by atoms with Crippen molar-refractivity contribution in [2.45, 2.75) is 38.5 Å². The van der Waals surface area contributed by atoms with E-state index in [4.69, 9.17) is 0 Å². The number of carbonyl (C=O) groups excluding carboxylic acids is 1. The fraction of sp³-hybridized carbons (Fsp3) is 0.471. The van der Waals surface area contributed by atoms with Crippen molar-refractivity contribution < 1.29 is 4.79 Å². The monoisotopic (exact) mass is 333 g/mol. The Bertz CT molecular complexity index is 544. The fourth-order valence-corrected chi connectivity index (χ4v) is 3.39. The van der Waals surface area contributed by atoms with Gasteiger partial charge < -0.3 is 4.90 Å². The number of amides is 1. The number of halogens is 1. The number of fused-ring (bicyclic) bond motifs is 1. The second kappa shape index (κ2) is 6.13. The zero-order valence-corrected chi connectivity index (χ0v) is 13.3. The molecule has 1 heterocycles. The van der Waals surface area contributed by atoms with E-state index < -0.39 is 0 Å². The van der Waals surface area contributed by atoms with E-state index in [1.54, 1.807) is 0 Å². The highest BCUT2D eigenvalue weighted by molar-refractivity contribution is 9.09. The molecule has 2 nitrogen and oxygen atoms in total. The normalized spacial score (nSPS) is 17.4. The van der Waals surface area contributed by atoms with Gasteiger partial charge >= 0.3 is 0 Å². The fourth-order valence-electron chi connectivity index (χ4n) is 2.99. The standard InChI is InChI=1S/C17H20BrNO/c18-11-4-1-5-12-19-16(13-7-6-8-13)14-9-2-3-10-15(14)17(19)20/h2-3,9-10H,1,4-8,11-12H2. The summed E-state index contributed by atoms with van der Waals surface area (Å²) in [5.41, 5.74) is 4.76. The van der Waals surface area contributed by atoms with Crippen LogP contribution in [0.1, 0.15) is 54.4 Å². The van der Waals surface area contributed by atoms with Gasteiger partial charge in [-0.2, -0.15) is 0 Å². The minimum absolute atomic E-state index is 0.203. The molecule has 3 heteroatoms.